The van der Waals surface area contributed by atoms with Gasteiger partial charge in [0.05, 0.1) is 23.4 Å². The number of hydrogen-bond donors (Lipinski definition) is 1. The molecule has 2 unspecified atom stereocenters. The van der Waals surface area contributed by atoms with Gasteiger partial charge in [0.15, 0.2) is 5.76 Å². The predicted octanol–water partition coefficient (Wildman–Crippen LogP) is 4.17. The second-order valence-corrected chi connectivity index (χ2v) is 11.2. The molecule has 1 amide bonds. The van der Waals surface area contributed by atoms with Gasteiger partial charge < -0.3 is 14.1 Å². The molecule has 2 aliphatic rings. The number of para-hydroxylation sites is 1. The van der Waals surface area contributed by atoms with Crippen LogP contribution in [0.4, 0.5) is 0 Å². The topological polar surface area (TPSA) is 87.9 Å². The highest BCUT2D eigenvalue weighted by Gasteiger charge is 2.34. The van der Waals surface area contributed by atoms with Crippen molar-refractivity contribution >= 4 is 28.6 Å². The Hall–Kier alpha value is -3.66. The van der Waals surface area contributed by atoms with Gasteiger partial charge in [0.1, 0.15) is 5.58 Å². The smallest absolute Gasteiger partial charge is 0.240 e. The van der Waals surface area contributed by atoms with Gasteiger partial charge >= 0.3 is 0 Å². The van der Waals surface area contributed by atoms with Crippen molar-refractivity contribution in [2.75, 3.05) is 45.1 Å². The second kappa shape index (κ2) is 12.2. The van der Waals surface area contributed by atoms with E-state index in [1.807, 2.05) is 65.7 Å². The molecule has 0 saturated carbocycles. The quantitative estimate of drug-likeness (QED) is 0.324. The van der Waals surface area contributed by atoms with E-state index < -0.39 is 0 Å². The highest BCUT2D eigenvalue weighted by molar-refractivity contribution is 7.99. The van der Waals surface area contributed by atoms with Gasteiger partial charge in [0.25, 0.3) is 0 Å². The first kappa shape index (κ1) is 26.6. The number of carbonyl (C=O) groups is 1. The zero-order chi connectivity index (χ0) is 27.3. The Morgan fingerprint density at radius 2 is 1.82 bits per heavy atom. The molecule has 206 valence electrons. The Morgan fingerprint density at radius 3 is 2.62 bits per heavy atom. The third-order valence-corrected chi connectivity index (χ3v) is 8.68. The van der Waals surface area contributed by atoms with E-state index in [2.05, 4.69) is 15.2 Å². The van der Waals surface area contributed by atoms with Crippen LogP contribution >= 0.6 is 11.8 Å². The van der Waals surface area contributed by atoms with Crippen molar-refractivity contribution in [3.8, 4) is 17.1 Å². The lowest BCUT2D eigenvalue weighted by Crippen LogP contribution is -2.53. The van der Waals surface area contributed by atoms with Gasteiger partial charge in [-0.05, 0) is 30.2 Å². The molecule has 2 aromatic heterocycles. The maximum Gasteiger partial charge on any atom is 0.240 e. The number of aromatic nitrogens is 1. The number of fused-ring (bicyclic) bond motifs is 1. The number of benzene rings is 2. The van der Waals surface area contributed by atoms with Crippen LogP contribution < -0.4 is 15.5 Å². The number of pyridine rings is 1. The summed E-state index contributed by atoms with van der Waals surface area (Å²) in [5, 5.41) is 4.09. The summed E-state index contributed by atoms with van der Waals surface area (Å²) in [6, 6.07) is 20.7. The Labute approximate surface area is 237 Å². The number of hydrogen-bond acceptors (Lipinski definition) is 8. The van der Waals surface area contributed by atoms with Crippen molar-refractivity contribution in [3.05, 3.63) is 94.9 Å². The fraction of sp³-hybridized carbons (Fsp3) is 0.323. The molecule has 9 heteroatoms. The molecule has 8 nitrogen and oxygen atoms in total. The zero-order valence-corrected chi connectivity index (χ0v) is 23.0. The normalized spacial score (nSPS) is 19.6. The lowest BCUT2D eigenvalue weighted by atomic mass is 10.1. The minimum Gasteiger partial charge on any atom is -0.486 e. The van der Waals surface area contributed by atoms with E-state index >= 15 is 0 Å². The number of piperazine rings is 1. The lowest BCUT2D eigenvalue weighted by Gasteiger charge is -2.36. The third-order valence-electron chi connectivity index (χ3n) is 7.41. The van der Waals surface area contributed by atoms with Crippen LogP contribution in [0.1, 0.15) is 17.4 Å². The van der Waals surface area contributed by atoms with Crippen LogP contribution in [0.3, 0.4) is 0 Å². The summed E-state index contributed by atoms with van der Waals surface area (Å²) >= 11 is 1.76. The van der Waals surface area contributed by atoms with Crippen LogP contribution in [0.25, 0.3) is 22.3 Å². The van der Waals surface area contributed by atoms with Crippen molar-refractivity contribution < 1.29 is 13.9 Å². The van der Waals surface area contributed by atoms with Crippen molar-refractivity contribution in [3.63, 3.8) is 0 Å². The first-order valence-corrected chi connectivity index (χ1v) is 14.7. The molecule has 2 aliphatic heterocycles. The Bertz CT molecular complexity index is 1510. The van der Waals surface area contributed by atoms with Gasteiger partial charge in [0.2, 0.25) is 17.1 Å². The number of amides is 1. The molecular formula is C31H32N4O4S. The van der Waals surface area contributed by atoms with Crippen molar-refractivity contribution in [2.45, 2.75) is 17.8 Å². The molecular weight excluding hydrogens is 524 g/mol. The highest BCUT2D eigenvalue weighted by atomic mass is 32.2. The van der Waals surface area contributed by atoms with Gasteiger partial charge in [-0.2, -0.15) is 0 Å². The summed E-state index contributed by atoms with van der Waals surface area (Å²) in [5.74, 6) is 1.66. The van der Waals surface area contributed by atoms with E-state index in [0.29, 0.717) is 36.4 Å². The van der Waals surface area contributed by atoms with Crippen LogP contribution in [-0.2, 0) is 4.79 Å². The Kier molecular flexibility index (Phi) is 8.13. The summed E-state index contributed by atoms with van der Waals surface area (Å²) in [5.41, 5.74) is 2.30. The van der Waals surface area contributed by atoms with E-state index in [0.717, 1.165) is 42.9 Å². The molecule has 0 bridgehead atoms. The summed E-state index contributed by atoms with van der Waals surface area (Å²) in [6.45, 7) is 4.32. The molecule has 0 spiro atoms. The molecule has 4 heterocycles. The third kappa shape index (κ3) is 5.77. The van der Waals surface area contributed by atoms with Crippen LogP contribution in [-0.4, -0.2) is 71.8 Å². The SMILES string of the molecule is O=C(C1CSC(c2cccnc2)N1)N1CCN(CCCOc2c(-c3ccccc3)oc3ccccc3c2=O)CC1. The standard InChI is InChI=1S/C31H32N4O4S/c36-27-24-11-4-5-12-26(24)39-28(22-8-2-1-3-9-22)29(27)38-19-7-14-34-15-17-35(18-16-34)31(37)25-21-40-30(33-25)23-10-6-13-32-20-23/h1-6,8-13,20,25,30,33H,7,14-19,21H2. The molecule has 6 rings (SSSR count). The lowest BCUT2D eigenvalue weighted by molar-refractivity contribution is -0.134. The molecule has 40 heavy (non-hydrogen) atoms. The number of nitrogens with one attached hydrogen (secondary N) is 1. The summed E-state index contributed by atoms with van der Waals surface area (Å²) in [6.07, 6.45) is 4.39. The van der Waals surface area contributed by atoms with Gasteiger partial charge in [-0.15, -0.1) is 11.8 Å². The molecule has 4 aromatic rings. The number of nitrogens with zero attached hydrogens (tertiary/aromatic N) is 3. The summed E-state index contributed by atoms with van der Waals surface area (Å²) < 4.78 is 12.2. The zero-order valence-electron chi connectivity index (χ0n) is 22.2. The number of rotatable bonds is 8. The summed E-state index contributed by atoms with van der Waals surface area (Å²) in [7, 11) is 0. The highest BCUT2D eigenvalue weighted by Crippen LogP contribution is 2.33. The number of ether oxygens (including phenoxy) is 1. The first-order chi connectivity index (χ1) is 19.7. The minimum absolute atomic E-state index is 0.108. The van der Waals surface area contributed by atoms with E-state index in [9.17, 15) is 9.59 Å². The van der Waals surface area contributed by atoms with Gasteiger partial charge in [0, 0.05) is 56.4 Å². The van der Waals surface area contributed by atoms with Gasteiger partial charge in [-0.25, -0.2) is 0 Å². The van der Waals surface area contributed by atoms with E-state index in [4.69, 9.17) is 9.15 Å². The Balaban J connectivity index is 1.01. The molecule has 0 aliphatic carbocycles. The Morgan fingerprint density at radius 1 is 1.02 bits per heavy atom. The van der Waals surface area contributed by atoms with Crippen molar-refractivity contribution in [1.82, 2.24) is 20.1 Å². The van der Waals surface area contributed by atoms with Crippen molar-refractivity contribution in [2.24, 2.45) is 0 Å². The number of carbonyl (C=O) groups excluding carboxylic acids is 1. The molecule has 2 saturated heterocycles. The minimum atomic E-state index is -0.164. The maximum atomic E-state index is 13.3. The average Bonchev–Trinajstić information content (AvgIpc) is 3.51. The van der Waals surface area contributed by atoms with Crippen molar-refractivity contribution in [1.29, 1.82) is 0 Å². The van der Waals surface area contributed by atoms with Gasteiger partial charge in [-0.3, -0.25) is 24.8 Å². The molecule has 2 fully saturated rings. The monoisotopic (exact) mass is 556 g/mol. The van der Waals surface area contributed by atoms with Gasteiger partial charge in [-0.1, -0.05) is 48.5 Å². The average molecular weight is 557 g/mol. The fourth-order valence-corrected chi connectivity index (χ4v) is 6.46. The van der Waals surface area contributed by atoms with E-state index in [-0.39, 0.29) is 28.5 Å². The van der Waals surface area contributed by atoms with Crippen LogP contribution in [0, 0.1) is 0 Å². The molecule has 0 radical (unpaired) electrons. The fourth-order valence-electron chi connectivity index (χ4n) is 5.25. The summed E-state index contributed by atoms with van der Waals surface area (Å²) in [4.78, 5) is 34.9. The van der Waals surface area contributed by atoms with E-state index in [1.54, 1.807) is 30.1 Å². The van der Waals surface area contributed by atoms with Crippen LogP contribution in [0.2, 0.25) is 0 Å². The van der Waals surface area contributed by atoms with E-state index in [1.165, 1.54) is 0 Å². The second-order valence-electron chi connectivity index (χ2n) is 10.0. The molecule has 2 aromatic carbocycles. The van der Waals surface area contributed by atoms with Crippen LogP contribution in [0.5, 0.6) is 5.75 Å². The van der Waals surface area contributed by atoms with Crippen LogP contribution in [0.15, 0.2) is 88.3 Å². The first-order valence-electron chi connectivity index (χ1n) is 13.7. The molecule has 1 N–H and O–H groups in total. The largest absolute Gasteiger partial charge is 0.486 e. The molecule has 2 atom stereocenters. The predicted molar refractivity (Wildman–Crippen MR) is 157 cm³/mol. The maximum absolute atomic E-state index is 13.3. The number of thioether (sulfide) groups is 1.